The molecular weight excluding hydrogens is 224 g/mol. The lowest BCUT2D eigenvalue weighted by molar-refractivity contribution is -0.00915. The minimum absolute atomic E-state index is 0.0922. The van der Waals surface area contributed by atoms with E-state index in [0.29, 0.717) is 12.0 Å². The normalized spacial score (nSPS) is 39.5. The van der Waals surface area contributed by atoms with E-state index in [1.807, 2.05) is 0 Å². The minimum Gasteiger partial charge on any atom is -0.393 e. The van der Waals surface area contributed by atoms with Crippen molar-refractivity contribution in [3.63, 3.8) is 0 Å². The van der Waals surface area contributed by atoms with Crippen molar-refractivity contribution in [2.75, 3.05) is 6.61 Å². The van der Waals surface area contributed by atoms with E-state index in [2.05, 4.69) is 13.8 Å². The molecule has 106 valence electrons. The van der Waals surface area contributed by atoms with Gasteiger partial charge in [0.2, 0.25) is 0 Å². The molecule has 1 aliphatic carbocycles. The molecular formula is C16H30O2. The van der Waals surface area contributed by atoms with Crippen LogP contribution < -0.4 is 0 Å². The van der Waals surface area contributed by atoms with E-state index in [9.17, 15) is 5.11 Å². The van der Waals surface area contributed by atoms with Gasteiger partial charge in [0.25, 0.3) is 0 Å². The summed E-state index contributed by atoms with van der Waals surface area (Å²) in [5.74, 6) is 2.17. The van der Waals surface area contributed by atoms with Gasteiger partial charge in [-0.1, -0.05) is 20.3 Å². The van der Waals surface area contributed by atoms with Gasteiger partial charge in [-0.25, -0.2) is 0 Å². The van der Waals surface area contributed by atoms with Gasteiger partial charge >= 0.3 is 0 Å². The largest absolute Gasteiger partial charge is 0.393 e. The molecule has 0 aromatic rings. The molecule has 0 aromatic heterocycles. The van der Waals surface area contributed by atoms with E-state index in [1.165, 1.54) is 38.5 Å². The van der Waals surface area contributed by atoms with E-state index in [1.54, 1.807) is 0 Å². The smallest absolute Gasteiger partial charge is 0.0576 e. The number of aliphatic hydroxyl groups excluding tert-OH is 1. The van der Waals surface area contributed by atoms with Crippen LogP contribution >= 0.6 is 0 Å². The van der Waals surface area contributed by atoms with Crippen molar-refractivity contribution < 1.29 is 9.84 Å². The standard InChI is InChI=1S/C16H30O2/c1-12-6-7-14(11-13(12)2)16(17)9-8-15-5-3-4-10-18-15/h12-17H,3-11H2,1-2H3. The Hall–Kier alpha value is -0.0800. The number of hydrogen-bond acceptors (Lipinski definition) is 2. The van der Waals surface area contributed by atoms with Gasteiger partial charge in [-0.15, -0.1) is 0 Å². The fraction of sp³-hybridized carbons (Fsp3) is 1.00. The Labute approximate surface area is 112 Å². The van der Waals surface area contributed by atoms with Gasteiger partial charge in [-0.3, -0.25) is 0 Å². The van der Waals surface area contributed by atoms with Crippen molar-refractivity contribution in [1.82, 2.24) is 0 Å². The molecule has 1 heterocycles. The van der Waals surface area contributed by atoms with Crippen LogP contribution in [-0.4, -0.2) is 23.9 Å². The van der Waals surface area contributed by atoms with E-state index in [0.717, 1.165) is 31.3 Å². The summed E-state index contributed by atoms with van der Waals surface area (Å²) < 4.78 is 5.74. The molecule has 0 spiro atoms. The average Bonchev–Trinajstić information content (AvgIpc) is 2.40. The van der Waals surface area contributed by atoms with E-state index < -0.39 is 0 Å². The third-order valence-corrected chi connectivity index (χ3v) is 5.24. The highest BCUT2D eigenvalue weighted by atomic mass is 16.5. The fourth-order valence-corrected chi connectivity index (χ4v) is 3.57. The van der Waals surface area contributed by atoms with Crippen molar-refractivity contribution in [3.05, 3.63) is 0 Å². The molecule has 2 aliphatic rings. The lowest BCUT2D eigenvalue weighted by Gasteiger charge is -2.35. The molecule has 5 atom stereocenters. The lowest BCUT2D eigenvalue weighted by Crippen LogP contribution is -2.30. The summed E-state index contributed by atoms with van der Waals surface area (Å²) in [7, 11) is 0. The van der Waals surface area contributed by atoms with E-state index in [4.69, 9.17) is 4.74 Å². The molecule has 2 fully saturated rings. The van der Waals surface area contributed by atoms with Gasteiger partial charge in [0, 0.05) is 6.61 Å². The number of hydrogen-bond donors (Lipinski definition) is 1. The number of rotatable bonds is 4. The first-order valence-electron chi connectivity index (χ1n) is 7.96. The van der Waals surface area contributed by atoms with Crippen LogP contribution in [-0.2, 0) is 4.74 Å². The van der Waals surface area contributed by atoms with Gasteiger partial charge in [0.1, 0.15) is 0 Å². The van der Waals surface area contributed by atoms with Crippen LogP contribution in [0.5, 0.6) is 0 Å². The molecule has 1 N–H and O–H groups in total. The molecule has 18 heavy (non-hydrogen) atoms. The van der Waals surface area contributed by atoms with Gasteiger partial charge in [-0.05, 0) is 62.7 Å². The van der Waals surface area contributed by atoms with Crippen molar-refractivity contribution in [2.24, 2.45) is 17.8 Å². The molecule has 2 heteroatoms. The Morgan fingerprint density at radius 3 is 2.61 bits per heavy atom. The monoisotopic (exact) mass is 254 g/mol. The second kappa shape index (κ2) is 6.91. The van der Waals surface area contributed by atoms with Crippen LogP contribution in [0.3, 0.4) is 0 Å². The molecule has 1 saturated carbocycles. The third kappa shape index (κ3) is 3.96. The molecule has 0 amide bonds. The molecule has 0 radical (unpaired) electrons. The second-order valence-electron chi connectivity index (χ2n) is 6.66. The SMILES string of the molecule is CC1CCC(C(O)CCC2CCCCO2)CC1C. The maximum atomic E-state index is 10.4. The highest BCUT2D eigenvalue weighted by Crippen LogP contribution is 2.36. The topological polar surface area (TPSA) is 29.5 Å². The molecule has 2 nitrogen and oxygen atoms in total. The summed E-state index contributed by atoms with van der Waals surface area (Å²) in [6, 6.07) is 0. The zero-order chi connectivity index (χ0) is 13.0. The van der Waals surface area contributed by atoms with Gasteiger partial charge in [0.15, 0.2) is 0 Å². The molecule has 2 rings (SSSR count). The zero-order valence-corrected chi connectivity index (χ0v) is 12.1. The Balaban J connectivity index is 1.69. The maximum absolute atomic E-state index is 10.4. The molecule has 1 saturated heterocycles. The van der Waals surface area contributed by atoms with Crippen molar-refractivity contribution >= 4 is 0 Å². The van der Waals surface area contributed by atoms with Crippen LogP contribution in [0.25, 0.3) is 0 Å². The first-order chi connectivity index (χ1) is 8.66. The van der Waals surface area contributed by atoms with Gasteiger partial charge in [0.05, 0.1) is 12.2 Å². The quantitative estimate of drug-likeness (QED) is 0.827. The summed E-state index contributed by atoms with van der Waals surface area (Å²) in [6.45, 7) is 5.62. The first kappa shape index (κ1) is 14.3. The maximum Gasteiger partial charge on any atom is 0.0576 e. The van der Waals surface area contributed by atoms with Crippen molar-refractivity contribution in [2.45, 2.75) is 77.4 Å². The summed E-state index contributed by atoms with van der Waals surface area (Å²) in [5.41, 5.74) is 0. The third-order valence-electron chi connectivity index (χ3n) is 5.24. The number of aliphatic hydroxyl groups is 1. The summed E-state index contributed by atoms with van der Waals surface area (Å²) in [4.78, 5) is 0. The highest BCUT2D eigenvalue weighted by Gasteiger charge is 2.29. The van der Waals surface area contributed by atoms with Crippen LogP contribution in [0, 0.1) is 17.8 Å². The highest BCUT2D eigenvalue weighted by molar-refractivity contribution is 4.80. The van der Waals surface area contributed by atoms with Gasteiger partial charge in [-0.2, -0.15) is 0 Å². The Bertz CT molecular complexity index is 235. The van der Waals surface area contributed by atoms with Crippen LogP contribution in [0.4, 0.5) is 0 Å². The number of ether oxygens (including phenoxy) is 1. The predicted molar refractivity (Wildman–Crippen MR) is 74.5 cm³/mol. The Morgan fingerprint density at radius 2 is 1.94 bits per heavy atom. The van der Waals surface area contributed by atoms with Gasteiger partial charge < -0.3 is 9.84 Å². The van der Waals surface area contributed by atoms with Crippen LogP contribution in [0.2, 0.25) is 0 Å². The molecule has 0 aromatic carbocycles. The molecule has 0 bridgehead atoms. The minimum atomic E-state index is -0.0922. The summed E-state index contributed by atoms with van der Waals surface area (Å²) in [6.07, 6.45) is 9.78. The summed E-state index contributed by atoms with van der Waals surface area (Å²) in [5, 5.41) is 10.4. The first-order valence-corrected chi connectivity index (χ1v) is 7.96. The van der Waals surface area contributed by atoms with Crippen molar-refractivity contribution in [1.29, 1.82) is 0 Å². The molecule has 1 aliphatic heterocycles. The Morgan fingerprint density at radius 1 is 1.11 bits per heavy atom. The van der Waals surface area contributed by atoms with Crippen molar-refractivity contribution in [3.8, 4) is 0 Å². The average molecular weight is 254 g/mol. The summed E-state index contributed by atoms with van der Waals surface area (Å²) >= 11 is 0. The van der Waals surface area contributed by atoms with E-state index >= 15 is 0 Å². The Kier molecular flexibility index (Phi) is 5.50. The lowest BCUT2D eigenvalue weighted by atomic mass is 9.73. The fourth-order valence-electron chi connectivity index (χ4n) is 3.57. The molecule has 5 unspecified atom stereocenters. The van der Waals surface area contributed by atoms with E-state index in [-0.39, 0.29) is 6.10 Å². The second-order valence-corrected chi connectivity index (χ2v) is 6.66. The van der Waals surface area contributed by atoms with Crippen LogP contribution in [0.15, 0.2) is 0 Å². The zero-order valence-electron chi connectivity index (χ0n) is 12.1. The predicted octanol–water partition coefficient (Wildman–Crippen LogP) is 3.77. The van der Waals surface area contributed by atoms with Crippen LogP contribution in [0.1, 0.15) is 65.2 Å².